The van der Waals surface area contributed by atoms with Gasteiger partial charge in [0.1, 0.15) is 0 Å². The number of carbonyl (C=O) groups is 1. The number of primary amides is 1. The number of rotatable bonds is 11. The van der Waals surface area contributed by atoms with Crippen molar-refractivity contribution in [2.75, 3.05) is 45.4 Å². The van der Waals surface area contributed by atoms with Crippen LogP contribution < -0.4 is 34.8 Å². The van der Waals surface area contributed by atoms with E-state index in [1.807, 2.05) is 13.8 Å². The van der Waals surface area contributed by atoms with Gasteiger partial charge in [0.05, 0.1) is 0 Å². The van der Waals surface area contributed by atoms with E-state index in [0.29, 0.717) is 29.5 Å². The van der Waals surface area contributed by atoms with Crippen molar-refractivity contribution in [2.24, 2.45) is 11.7 Å². The molecule has 1 fully saturated rings. The second-order valence-electron chi connectivity index (χ2n) is 9.63. The number of hydrogen-bond acceptors (Lipinski definition) is 8. The standard InChI is InChI=1S/C24H34F4IN6O3/c1-16(2)7-9-35(11-17-3-5-18(6-4-17)24(26,27)28)23-21(25)22(32-15-33-23)31-14-29(38)8-10-34(12-19(29)36)13-20(30)37/h3-6,15-16,19,36,38H,7-14H2,1-2H3,(H2,30,37)(H,31,32,33)/q-1/t19-/m0/s1. The van der Waals surface area contributed by atoms with E-state index in [4.69, 9.17) is 5.73 Å². The Kier molecular flexibility index (Phi) is 10.1. The van der Waals surface area contributed by atoms with Gasteiger partial charge in [0, 0.05) is 0 Å². The number of carbonyl (C=O) groups excluding carboxylic acids is 1. The maximum atomic E-state index is 15.6. The predicted octanol–water partition coefficient (Wildman–Crippen LogP) is -0.756. The summed E-state index contributed by atoms with van der Waals surface area (Å²) < 4.78 is 64.8. The minimum absolute atomic E-state index is 0.0153. The molecule has 0 spiro atoms. The first-order chi connectivity index (χ1) is 17.8. The fourth-order valence-electron chi connectivity index (χ4n) is 3.92. The molecule has 2 atom stereocenters. The number of alkyl halides is 6. The second kappa shape index (κ2) is 12.7. The molecule has 1 saturated heterocycles. The van der Waals surface area contributed by atoms with Crippen LogP contribution in [-0.4, -0.2) is 68.6 Å². The fraction of sp³-hybridized carbons (Fsp3) is 0.542. The van der Waals surface area contributed by atoms with E-state index in [-0.39, 0.29) is 41.7 Å². The molecule has 1 aliphatic heterocycles. The Morgan fingerprint density at radius 1 is 1.29 bits per heavy atom. The Bertz CT molecular complexity index is 1090. The molecule has 1 aliphatic rings. The second-order valence-corrected chi connectivity index (χ2v) is 17.7. The zero-order valence-electron chi connectivity index (χ0n) is 21.3. The summed E-state index contributed by atoms with van der Waals surface area (Å²) in [6, 6.07) is 4.70. The summed E-state index contributed by atoms with van der Waals surface area (Å²) in [5.74, 6) is -1.15. The number of amides is 1. The average molecular weight is 657 g/mol. The number of halogens is 5. The van der Waals surface area contributed by atoms with Gasteiger partial charge in [-0.1, -0.05) is 0 Å². The molecule has 0 aliphatic carbocycles. The number of aromatic nitrogens is 2. The van der Waals surface area contributed by atoms with Crippen molar-refractivity contribution in [3.63, 3.8) is 0 Å². The number of nitrogens with one attached hydrogen (secondary N) is 1. The van der Waals surface area contributed by atoms with E-state index < -0.39 is 46.4 Å². The van der Waals surface area contributed by atoms with Crippen molar-refractivity contribution >= 4 is 17.5 Å². The first-order valence-corrected chi connectivity index (χ1v) is 17.3. The molecular formula is C24H34F4IN6O3-. The SMILES string of the molecule is CC(C)CCN(Cc1ccc(C(F)(F)F)cc1)c1ncnc(NC[I-]2(O)CCN(CC(N)=O)C[C@@H]2O)c1F. The van der Waals surface area contributed by atoms with E-state index in [1.165, 1.54) is 18.5 Å². The van der Waals surface area contributed by atoms with Crippen LogP contribution in [0.3, 0.4) is 0 Å². The first kappa shape index (κ1) is 30.2. The molecule has 14 heteroatoms. The molecular weight excluding hydrogens is 623 g/mol. The van der Waals surface area contributed by atoms with Gasteiger partial charge in [0.15, 0.2) is 0 Å². The molecule has 3 rings (SSSR count). The molecule has 0 saturated carbocycles. The number of aliphatic hydroxyl groups excluding tert-OH is 1. The fourth-order valence-corrected chi connectivity index (χ4v) is 9.36. The summed E-state index contributed by atoms with van der Waals surface area (Å²) in [7, 11) is 0. The molecule has 214 valence electrons. The molecule has 9 nitrogen and oxygen atoms in total. The van der Waals surface area contributed by atoms with Gasteiger partial charge in [-0.2, -0.15) is 13.2 Å². The van der Waals surface area contributed by atoms with Gasteiger partial charge in [0.25, 0.3) is 0 Å². The van der Waals surface area contributed by atoms with Crippen molar-refractivity contribution in [1.29, 1.82) is 0 Å². The molecule has 1 unspecified atom stereocenters. The number of aliphatic hydroxyl groups is 1. The number of nitrogens with zero attached hydrogens (tertiary/aromatic N) is 4. The van der Waals surface area contributed by atoms with Gasteiger partial charge < -0.3 is 0 Å². The molecule has 38 heavy (non-hydrogen) atoms. The molecule has 5 N–H and O–H groups in total. The molecule has 0 radical (unpaired) electrons. The predicted molar refractivity (Wildman–Crippen MR) is 131 cm³/mol. The van der Waals surface area contributed by atoms with Crippen molar-refractivity contribution in [2.45, 2.75) is 37.1 Å². The van der Waals surface area contributed by atoms with E-state index in [2.05, 4.69) is 15.3 Å². The van der Waals surface area contributed by atoms with Gasteiger partial charge >= 0.3 is 211 Å². The van der Waals surface area contributed by atoms with Crippen molar-refractivity contribution in [3.05, 3.63) is 47.5 Å². The van der Waals surface area contributed by atoms with Gasteiger partial charge in [-0.15, -0.1) is 0 Å². The summed E-state index contributed by atoms with van der Waals surface area (Å²) >= 11 is -3.78. The van der Waals surface area contributed by atoms with E-state index >= 15 is 4.39 Å². The zero-order valence-corrected chi connectivity index (χ0v) is 23.4. The molecule has 1 aromatic carbocycles. The van der Waals surface area contributed by atoms with E-state index in [0.717, 1.165) is 12.1 Å². The number of anilines is 2. The van der Waals surface area contributed by atoms with Crippen LogP contribution in [0.1, 0.15) is 31.4 Å². The van der Waals surface area contributed by atoms with Crippen molar-refractivity contribution in [1.82, 2.24) is 14.9 Å². The Balaban J connectivity index is 1.76. The number of β-amino-alcohol motifs (C(OH)–C–C–N with tert-alkyl or cyclic N) is 1. The molecule has 1 amide bonds. The molecule has 0 bridgehead atoms. The van der Waals surface area contributed by atoms with Gasteiger partial charge in [0.2, 0.25) is 0 Å². The first-order valence-electron chi connectivity index (χ1n) is 12.1. The van der Waals surface area contributed by atoms with Crippen LogP contribution in [0, 0.1) is 11.7 Å². The Labute approximate surface area is 223 Å². The summed E-state index contributed by atoms with van der Waals surface area (Å²) in [5, 5.41) is 13.4. The van der Waals surface area contributed by atoms with Crippen molar-refractivity contribution < 1.29 is 49.7 Å². The van der Waals surface area contributed by atoms with Crippen LogP contribution in [0.15, 0.2) is 30.6 Å². The topological polar surface area (TPSA) is 128 Å². The summed E-state index contributed by atoms with van der Waals surface area (Å²) in [5.41, 5.74) is 5.01. The summed E-state index contributed by atoms with van der Waals surface area (Å²) in [4.78, 5) is 22.6. The van der Waals surface area contributed by atoms with Crippen LogP contribution in [0.25, 0.3) is 0 Å². The minimum atomic E-state index is -4.45. The van der Waals surface area contributed by atoms with Crippen LogP contribution in [-0.2, 0) is 17.5 Å². The van der Waals surface area contributed by atoms with Crippen LogP contribution in [0.2, 0.25) is 0 Å². The third kappa shape index (κ3) is 8.10. The zero-order chi connectivity index (χ0) is 28.1. The Morgan fingerprint density at radius 2 is 1.97 bits per heavy atom. The third-order valence-corrected chi connectivity index (χ3v) is 13.3. The number of benzene rings is 1. The number of nitrogens with two attached hydrogens (primary N) is 1. The Hall–Kier alpha value is -2.30. The van der Waals surface area contributed by atoms with Gasteiger partial charge in [-0.05, 0) is 0 Å². The molecule has 2 heterocycles. The van der Waals surface area contributed by atoms with Crippen molar-refractivity contribution in [3.8, 4) is 0 Å². The molecule has 2 aromatic rings. The van der Waals surface area contributed by atoms with Crippen LogP contribution >= 0.6 is 0 Å². The third-order valence-electron chi connectivity index (χ3n) is 6.15. The summed E-state index contributed by atoms with van der Waals surface area (Å²) in [6.07, 6.45) is -2.58. The van der Waals surface area contributed by atoms with Gasteiger partial charge in [-0.25, -0.2) is 0 Å². The van der Waals surface area contributed by atoms with E-state index in [1.54, 1.807) is 9.80 Å². The number of hydrogen-bond donors (Lipinski definition) is 4. The quantitative estimate of drug-likeness (QED) is 0.108. The average Bonchev–Trinajstić information content (AvgIpc) is 2.83. The molecule has 1 aromatic heterocycles. The van der Waals surface area contributed by atoms with Crippen LogP contribution in [0.4, 0.5) is 29.2 Å². The van der Waals surface area contributed by atoms with E-state index in [9.17, 15) is 26.5 Å². The van der Waals surface area contributed by atoms with Gasteiger partial charge in [-0.3, -0.25) is 0 Å². The normalized spacial score (nSPS) is 22.2. The maximum absolute atomic E-state index is 15.6. The Morgan fingerprint density at radius 3 is 2.55 bits per heavy atom. The monoisotopic (exact) mass is 657 g/mol. The summed E-state index contributed by atoms with van der Waals surface area (Å²) in [6.45, 7) is 5.03. The van der Waals surface area contributed by atoms with Crippen LogP contribution in [0.5, 0.6) is 0 Å².